The van der Waals surface area contributed by atoms with Crippen LogP contribution < -0.4 is 10.5 Å². The average Bonchev–Trinajstić information content (AvgIpc) is 2.70. The maximum absolute atomic E-state index is 5.99. The van der Waals surface area contributed by atoms with Crippen LogP contribution in [0.5, 0.6) is 5.75 Å². The van der Waals surface area contributed by atoms with E-state index in [2.05, 4.69) is 43.3 Å². The van der Waals surface area contributed by atoms with Crippen molar-refractivity contribution in [3.63, 3.8) is 0 Å². The second-order valence-electron chi connectivity index (χ2n) is 7.35. The molecule has 3 rings (SSSR count). The summed E-state index contributed by atoms with van der Waals surface area (Å²) in [5, 5.41) is 0. The van der Waals surface area contributed by atoms with Gasteiger partial charge in [0, 0.05) is 10.6 Å². The van der Waals surface area contributed by atoms with Crippen LogP contribution in [0.15, 0.2) is 47.4 Å². The summed E-state index contributed by atoms with van der Waals surface area (Å²) in [6, 6.07) is 15.5. The van der Waals surface area contributed by atoms with Crippen LogP contribution in [0.1, 0.15) is 48.8 Å². The number of hydrogen-bond donors (Lipinski definition) is 1. The molecule has 2 aromatic carbocycles. The lowest BCUT2D eigenvalue weighted by Crippen LogP contribution is -2.18. The van der Waals surface area contributed by atoms with Crippen LogP contribution in [0, 0.1) is 5.92 Å². The molecule has 0 bridgehead atoms. The smallest absolute Gasteiger partial charge is 0.119 e. The van der Waals surface area contributed by atoms with E-state index >= 15 is 0 Å². The van der Waals surface area contributed by atoms with Gasteiger partial charge in [0.2, 0.25) is 0 Å². The Kier molecular flexibility index (Phi) is 7.04. The SMILES string of the molecule is CCCC(CN)c1ccc2c(c1)CCC(CSc1cccc(OC)c1)C2. The molecular weight excluding hydrogens is 338 g/mol. The van der Waals surface area contributed by atoms with Crippen LogP contribution in [0.25, 0.3) is 0 Å². The molecule has 2 atom stereocenters. The Hall–Kier alpha value is -1.45. The van der Waals surface area contributed by atoms with E-state index in [-0.39, 0.29) is 0 Å². The van der Waals surface area contributed by atoms with Gasteiger partial charge in [-0.1, -0.05) is 37.6 Å². The third-order valence-corrected chi connectivity index (χ3v) is 6.71. The second kappa shape index (κ2) is 9.48. The molecule has 2 N–H and O–H groups in total. The zero-order valence-electron chi connectivity index (χ0n) is 16.0. The van der Waals surface area contributed by atoms with E-state index in [4.69, 9.17) is 10.5 Å². The third kappa shape index (κ3) is 4.83. The molecule has 2 nitrogen and oxygen atoms in total. The first kappa shape index (κ1) is 19.3. The molecule has 140 valence electrons. The predicted octanol–water partition coefficient (Wildman–Crippen LogP) is 5.43. The van der Waals surface area contributed by atoms with Gasteiger partial charge in [-0.05, 0) is 79.0 Å². The van der Waals surface area contributed by atoms with Crippen molar-refractivity contribution < 1.29 is 4.74 Å². The van der Waals surface area contributed by atoms with E-state index in [1.165, 1.54) is 48.3 Å². The third-order valence-electron chi connectivity index (χ3n) is 5.48. The number of thioether (sulfide) groups is 1. The van der Waals surface area contributed by atoms with E-state index in [1.54, 1.807) is 18.2 Å². The van der Waals surface area contributed by atoms with E-state index in [1.807, 2.05) is 17.8 Å². The number of methoxy groups -OCH3 is 1. The van der Waals surface area contributed by atoms with Crippen molar-refractivity contribution >= 4 is 11.8 Å². The van der Waals surface area contributed by atoms with Gasteiger partial charge in [0.1, 0.15) is 5.75 Å². The number of ether oxygens (including phenoxy) is 1. The summed E-state index contributed by atoms with van der Waals surface area (Å²) in [6.45, 7) is 3.00. The van der Waals surface area contributed by atoms with Gasteiger partial charge in [-0.3, -0.25) is 0 Å². The molecule has 0 amide bonds. The van der Waals surface area contributed by atoms with Crippen molar-refractivity contribution in [2.24, 2.45) is 11.7 Å². The Bertz CT molecular complexity index is 715. The maximum Gasteiger partial charge on any atom is 0.119 e. The highest BCUT2D eigenvalue weighted by Gasteiger charge is 2.20. The summed E-state index contributed by atoms with van der Waals surface area (Å²) < 4.78 is 5.33. The standard InChI is InChI=1S/C23H31NOS/c1-3-5-21(15-24)20-11-10-18-12-17(8-9-19(18)13-20)16-26-23-7-4-6-22(14-23)25-2/h4,6-7,10-11,13-14,17,21H,3,5,8-9,12,15-16,24H2,1-2H3. The van der Waals surface area contributed by atoms with Gasteiger partial charge < -0.3 is 10.5 Å². The molecule has 0 heterocycles. The quantitative estimate of drug-likeness (QED) is 0.630. The van der Waals surface area contributed by atoms with Crippen LogP contribution in [0.3, 0.4) is 0 Å². The molecule has 3 heteroatoms. The van der Waals surface area contributed by atoms with Crippen molar-refractivity contribution in [3.8, 4) is 5.75 Å². The Morgan fingerprint density at radius 3 is 2.85 bits per heavy atom. The van der Waals surface area contributed by atoms with Crippen molar-refractivity contribution in [3.05, 3.63) is 59.2 Å². The minimum absolute atomic E-state index is 0.520. The molecule has 2 unspecified atom stereocenters. The van der Waals surface area contributed by atoms with Crippen LogP contribution in [-0.2, 0) is 12.8 Å². The highest BCUT2D eigenvalue weighted by atomic mass is 32.2. The molecule has 0 aliphatic heterocycles. The fraction of sp³-hybridized carbons (Fsp3) is 0.478. The lowest BCUT2D eigenvalue weighted by Gasteiger charge is -2.26. The van der Waals surface area contributed by atoms with Crippen LogP contribution in [0.2, 0.25) is 0 Å². The van der Waals surface area contributed by atoms with Crippen LogP contribution >= 0.6 is 11.8 Å². The van der Waals surface area contributed by atoms with E-state index in [0.717, 1.165) is 18.2 Å². The van der Waals surface area contributed by atoms with Crippen molar-refractivity contribution in [1.29, 1.82) is 0 Å². The molecular formula is C23H31NOS. The number of aryl methyl sites for hydroxylation is 1. The fourth-order valence-electron chi connectivity index (χ4n) is 3.92. The van der Waals surface area contributed by atoms with Gasteiger partial charge in [-0.25, -0.2) is 0 Å². The number of benzene rings is 2. The predicted molar refractivity (Wildman–Crippen MR) is 112 cm³/mol. The molecule has 0 saturated heterocycles. The van der Waals surface area contributed by atoms with E-state index in [9.17, 15) is 0 Å². The summed E-state index contributed by atoms with van der Waals surface area (Å²) in [4.78, 5) is 1.30. The lowest BCUT2D eigenvalue weighted by molar-refractivity contribution is 0.413. The average molecular weight is 370 g/mol. The first-order valence-corrected chi connectivity index (χ1v) is 10.8. The number of nitrogens with two attached hydrogens (primary N) is 1. The monoisotopic (exact) mass is 369 g/mol. The summed E-state index contributed by atoms with van der Waals surface area (Å²) in [5.41, 5.74) is 10.5. The second-order valence-corrected chi connectivity index (χ2v) is 8.44. The number of fused-ring (bicyclic) bond motifs is 1. The van der Waals surface area contributed by atoms with E-state index < -0.39 is 0 Å². The molecule has 26 heavy (non-hydrogen) atoms. The summed E-state index contributed by atoms with van der Waals surface area (Å²) >= 11 is 1.95. The van der Waals surface area contributed by atoms with Crippen LogP contribution in [0.4, 0.5) is 0 Å². The molecule has 1 aliphatic carbocycles. The summed E-state index contributed by atoms with van der Waals surface area (Å²) in [7, 11) is 1.73. The number of rotatable bonds is 8. The van der Waals surface area contributed by atoms with Crippen LogP contribution in [-0.4, -0.2) is 19.4 Å². The van der Waals surface area contributed by atoms with Crippen molar-refractivity contribution in [2.45, 2.75) is 49.8 Å². The molecule has 0 fully saturated rings. The molecule has 0 spiro atoms. The Morgan fingerprint density at radius 2 is 2.08 bits per heavy atom. The Balaban J connectivity index is 1.60. The maximum atomic E-state index is 5.99. The van der Waals surface area contributed by atoms with Crippen molar-refractivity contribution in [1.82, 2.24) is 0 Å². The fourth-order valence-corrected chi connectivity index (χ4v) is 5.01. The lowest BCUT2D eigenvalue weighted by atomic mass is 9.82. The van der Waals surface area contributed by atoms with Gasteiger partial charge in [0.15, 0.2) is 0 Å². The first-order valence-electron chi connectivity index (χ1n) is 9.82. The summed E-state index contributed by atoms with van der Waals surface area (Å²) in [6.07, 6.45) is 6.08. The zero-order chi connectivity index (χ0) is 18.4. The van der Waals surface area contributed by atoms with Gasteiger partial charge in [-0.2, -0.15) is 0 Å². The highest BCUT2D eigenvalue weighted by molar-refractivity contribution is 7.99. The highest BCUT2D eigenvalue weighted by Crippen LogP contribution is 2.33. The molecule has 0 aromatic heterocycles. The largest absolute Gasteiger partial charge is 0.497 e. The van der Waals surface area contributed by atoms with Crippen molar-refractivity contribution in [2.75, 3.05) is 19.4 Å². The van der Waals surface area contributed by atoms with Gasteiger partial charge >= 0.3 is 0 Å². The van der Waals surface area contributed by atoms with Gasteiger partial charge in [-0.15, -0.1) is 11.8 Å². The molecule has 0 radical (unpaired) electrons. The number of hydrogen-bond acceptors (Lipinski definition) is 3. The van der Waals surface area contributed by atoms with Gasteiger partial charge in [0.05, 0.1) is 7.11 Å². The van der Waals surface area contributed by atoms with E-state index in [0.29, 0.717) is 5.92 Å². The Labute approximate surface area is 162 Å². The molecule has 2 aromatic rings. The molecule has 1 aliphatic rings. The topological polar surface area (TPSA) is 35.2 Å². The normalized spacial score (nSPS) is 17.6. The van der Waals surface area contributed by atoms with Gasteiger partial charge in [0.25, 0.3) is 0 Å². The Morgan fingerprint density at radius 1 is 1.19 bits per heavy atom. The summed E-state index contributed by atoms with van der Waals surface area (Å²) in [5.74, 6) is 3.39. The minimum atomic E-state index is 0.520. The molecule has 0 saturated carbocycles. The first-order chi connectivity index (χ1) is 12.7. The minimum Gasteiger partial charge on any atom is -0.497 e. The zero-order valence-corrected chi connectivity index (χ0v) is 16.9.